The van der Waals surface area contributed by atoms with Gasteiger partial charge in [-0.1, -0.05) is 19.9 Å². The third-order valence-corrected chi connectivity index (χ3v) is 3.13. The first-order valence-corrected chi connectivity index (χ1v) is 6.01. The van der Waals surface area contributed by atoms with Crippen LogP contribution in [0.25, 0.3) is 0 Å². The van der Waals surface area contributed by atoms with Gasteiger partial charge in [-0.05, 0) is 31.9 Å². The van der Waals surface area contributed by atoms with E-state index in [0.29, 0.717) is 12.2 Å². The minimum Gasteiger partial charge on any atom is -0.349 e. The van der Waals surface area contributed by atoms with Gasteiger partial charge in [0.05, 0.1) is 0 Å². The molecule has 1 heterocycles. The molecule has 6 heteroatoms. The molecule has 1 aromatic rings. The Kier molecular flexibility index (Phi) is 9.84. The molecule has 0 aliphatic carbocycles. The summed E-state index contributed by atoms with van der Waals surface area (Å²) in [5.41, 5.74) is 7.08. The van der Waals surface area contributed by atoms with Crippen molar-refractivity contribution in [2.45, 2.75) is 39.2 Å². The molecule has 0 aliphatic rings. The zero-order chi connectivity index (χ0) is 12.9. The van der Waals surface area contributed by atoms with Gasteiger partial charge in [-0.2, -0.15) is 0 Å². The van der Waals surface area contributed by atoms with E-state index in [1.807, 2.05) is 32.9 Å². The van der Waals surface area contributed by atoms with Gasteiger partial charge in [-0.3, -0.25) is 4.79 Å². The molecular weight excluding hydrogens is 285 g/mol. The molecule has 0 saturated heterocycles. The second kappa shape index (κ2) is 9.13. The summed E-state index contributed by atoms with van der Waals surface area (Å²) in [4.78, 5) is 16.0. The average Bonchev–Trinajstić information content (AvgIpc) is 2.35. The van der Waals surface area contributed by atoms with Gasteiger partial charge in [0.15, 0.2) is 0 Å². The summed E-state index contributed by atoms with van der Waals surface area (Å²) in [6, 6.07) is 5.40. The zero-order valence-corrected chi connectivity index (χ0v) is 13.2. The molecule has 1 amide bonds. The van der Waals surface area contributed by atoms with E-state index >= 15 is 0 Å². The van der Waals surface area contributed by atoms with Gasteiger partial charge in [0, 0.05) is 17.8 Å². The van der Waals surface area contributed by atoms with Gasteiger partial charge in [0.2, 0.25) is 0 Å². The molecule has 19 heavy (non-hydrogen) atoms. The molecular formula is C13H23Cl2N3O. The molecule has 3 N–H and O–H groups in total. The van der Waals surface area contributed by atoms with Gasteiger partial charge in [0.1, 0.15) is 5.69 Å². The first-order valence-electron chi connectivity index (χ1n) is 6.01. The number of aryl methyl sites for hydroxylation is 1. The first-order chi connectivity index (χ1) is 8.00. The van der Waals surface area contributed by atoms with Crippen molar-refractivity contribution < 1.29 is 4.79 Å². The molecule has 0 fully saturated rings. The van der Waals surface area contributed by atoms with Gasteiger partial charge in [-0.15, -0.1) is 24.8 Å². The van der Waals surface area contributed by atoms with E-state index in [9.17, 15) is 4.79 Å². The maximum atomic E-state index is 11.8. The summed E-state index contributed by atoms with van der Waals surface area (Å²) in [7, 11) is 0. The van der Waals surface area contributed by atoms with Crippen molar-refractivity contribution in [1.82, 2.24) is 10.3 Å². The largest absolute Gasteiger partial charge is 0.349 e. The Morgan fingerprint density at radius 2 is 1.89 bits per heavy atom. The SMILES string of the molecule is CCC(N)(CC)CNC(=O)c1cccc(C)n1.Cl.Cl. The predicted octanol–water partition coefficient (Wildman–Crippen LogP) is 2.48. The van der Waals surface area contributed by atoms with Gasteiger partial charge >= 0.3 is 0 Å². The van der Waals surface area contributed by atoms with Crippen molar-refractivity contribution in [1.29, 1.82) is 0 Å². The van der Waals surface area contributed by atoms with E-state index in [-0.39, 0.29) is 36.3 Å². The van der Waals surface area contributed by atoms with Crippen molar-refractivity contribution in [3.63, 3.8) is 0 Å². The van der Waals surface area contributed by atoms with E-state index in [2.05, 4.69) is 10.3 Å². The van der Waals surface area contributed by atoms with Crippen LogP contribution in [0.2, 0.25) is 0 Å². The van der Waals surface area contributed by atoms with Crippen molar-refractivity contribution >= 4 is 30.7 Å². The third kappa shape index (κ3) is 6.23. The van der Waals surface area contributed by atoms with Gasteiger partial charge < -0.3 is 11.1 Å². The number of carbonyl (C=O) groups excluding carboxylic acids is 1. The van der Waals surface area contributed by atoms with Crippen molar-refractivity contribution in [2.24, 2.45) is 5.73 Å². The van der Waals surface area contributed by atoms with Crippen LogP contribution < -0.4 is 11.1 Å². The highest BCUT2D eigenvalue weighted by Gasteiger charge is 2.21. The summed E-state index contributed by atoms with van der Waals surface area (Å²) in [6.45, 7) is 6.40. The molecule has 1 aromatic heterocycles. The molecule has 0 aliphatic heterocycles. The number of carbonyl (C=O) groups is 1. The van der Waals surface area contributed by atoms with Crippen LogP contribution in [0.4, 0.5) is 0 Å². The number of pyridine rings is 1. The van der Waals surface area contributed by atoms with Gasteiger partial charge in [-0.25, -0.2) is 4.98 Å². The lowest BCUT2D eigenvalue weighted by atomic mass is 9.94. The topological polar surface area (TPSA) is 68.0 Å². The quantitative estimate of drug-likeness (QED) is 0.878. The summed E-state index contributed by atoms with van der Waals surface area (Å²) in [5, 5.41) is 2.84. The molecule has 0 radical (unpaired) electrons. The molecule has 0 unspecified atom stereocenters. The number of nitrogens with two attached hydrogens (primary N) is 1. The Morgan fingerprint density at radius 1 is 1.32 bits per heavy atom. The normalized spacial score (nSPS) is 10.1. The highest BCUT2D eigenvalue weighted by atomic mass is 35.5. The fourth-order valence-electron chi connectivity index (χ4n) is 1.52. The fourth-order valence-corrected chi connectivity index (χ4v) is 1.52. The number of aromatic nitrogens is 1. The summed E-state index contributed by atoms with van der Waals surface area (Å²) in [5.74, 6) is -0.162. The van der Waals surface area contributed by atoms with Crippen molar-refractivity contribution in [3.05, 3.63) is 29.6 Å². The number of hydrogen-bond acceptors (Lipinski definition) is 3. The standard InChI is InChI=1S/C13H21N3O.2ClH/c1-4-13(14,5-2)9-15-12(17)11-8-6-7-10(3)16-11;;/h6-8H,4-5,9,14H2,1-3H3,(H,15,17);2*1H. The zero-order valence-electron chi connectivity index (χ0n) is 11.6. The van der Waals surface area contributed by atoms with E-state index in [4.69, 9.17) is 5.73 Å². The van der Waals surface area contributed by atoms with Crippen LogP contribution in [-0.4, -0.2) is 23.0 Å². The monoisotopic (exact) mass is 307 g/mol. The van der Waals surface area contributed by atoms with Crippen LogP contribution in [0.5, 0.6) is 0 Å². The maximum absolute atomic E-state index is 11.8. The summed E-state index contributed by atoms with van der Waals surface area (Å²) >= 11 is 0. The number of halogens is 2. The second-order valence-corrected chi connectivity index (χ2v) is 4.42. The van der Waals surface area contributed by atoms with E-state index in [1.54, 1.807) is 6.07 Å². The number of nitrogens with zero attached hydrogens (tertiary/aromatic N) is 1. The molecule has 0 aromatic carbocycles. The minimum absolute atomic E-state index is 0. The molecule has 110 valence electrons. The van der Waals surface area contributed by atoms with Crippen molar-refractivity contribution in [3.8, 4) is 0 Å². The van der Waals surface area contributed by atoms with E-state index in [0.717, 1.165) is 18.5 Å². The Labute approximate surface area is 127 Å². The van der Waals surface area contributed by atoms with Gasteiger partial charge in [0.25, 0.3) is 5.91 Å². The molecule has 0 spiro atoms. The Hall–Kier alpha value is -0.840. The highest BCUT2D eigenvalue weighted by Crippen LogP contribution is 2.09. The van der Waals surface area contributed by atoms with Crippen LogP contribution in [0.1, 0.15) is 42.9 Å². The smallest absolute Gasteiger partial charge is 0.269 e. The first kappa shape index (κ1) is 20.5. The maximum Gasteiger partial charge on any atom is 0.269 e. The molecule has 1 rings (SSSR count). The van der Waals surface area contributed by atoms with Crippen LogP contribution in [0.15, 0.2) is 18.2 Å². The lowest BCUT2D eigenvalue weighted by Gasteiger charge is -2.26. The average molecular weight is 308 g/mol. The third-order valence-electron chi connectivity index (χ3n) is 3.13. The van der Waals surface area contributed by atoms with Crippen LogP contribution in [0, 0.1) is 6.92 Å². The van der Waals surface area contributed by atoms with E-state index < -0.39 is 0 Å². The Balaban J connectivity index is 0. The fraction of sp³-hybridized carbons (Fsp3) is 0.538. The Morgan fingerprint density at radius 3 is 2.37 bits per heavy atom. The summed E-state index contributed by atoms with van der Waals surface area (Å²) in [6.07, 6.45) is 1.68. The van der Waals surface area contributed by atoms with Crippen LogP contribution >= 0.6 is 24.8 Å². The minimum atomic E-state index is -0.320. The van der Waals surface area contributed by atoms with Crippen LogP contribution in [0.3, 0.4) is 0 Å². The number of nitrogens with one attached hydrogen (secondary N) is 1. The molecule has 4 nitrogen and oxygen atoms in total. The summed E-state index contributed by atoms with van der Waals surface area (Å²) < 4.78 is 0. The number of hydrogen-bond donors (Lipinski definition) is 2. The lowest BCUT2D eigenvalue weighted by Crippen LogP contribution is -2.49. The predicted molar refractivity (Wildman–Crippen MR) is 83.3 cm³/mol. The number of rotatable bonds is 5. The van der Waals surface area contributed by atoms with Crippen molar-refractivity contribution in [2.75, 3.05) is 6.54 Å². The molecule has 0 atom stereocenters. The molecule has 0 bridgehead atoms. The Bertz CT molecular complexity index is 395. The number of amides is 1. The lowest BCUT2D eigenvalue weighted by molar-refractivity contribution is 0.0937. The van der Waals surface area contributed by atoms with E-state index in [1.165, 1.54) is 0 Å². The van der Waals surface area contributed by atoms with Crippen LogP contribution in [-0.2, 0) is 0 Å². The second-order valence-electron chi connectivity index (χ2n) is 4.42. The molecule has 0 saturated carbocycles. The highest BCUT2D eigenvalue weighted by molar-refractivity contribution is 5.92.